The number of carbonyl (C=O) groups excluding carboxylic acids is 1. The van der Waals surface area contributed by atoms with Gasteiger partial charge < -0.3 is 4.74 Å². The van der Waals surface area contributed by atoms with Gasteiger partial charge in [0.1, 0.15) is 17.2 Å². The molecule has 0 saturated heterocycles. The van der Waals surface area contributed by atoms with E-state index in [0.717, 1.165) is 17.7 Å². The van der Waals surface area contributed by atoms with E-state index in [1.54, 1.807) is 6.07 Å². The zero-order valence-corrected chi connectivity index (χ0v) is 13.3. The molecule has 0 N–H and O–H groups in total. The maximum atomic E-state index is 13.1. The minimum Gasteiger partial charge on any atom is -0.487 e. The molecule has 108 valence electrons. The van der Waals surface area contributed by atoms with E-state index in [9.17, 15) is 9.18 Å². The van der Waals surface area contributed by atoms with Crippen LogP contribution in [0.2, 0.25) is 0 Å². The van der Waals surface area contributed by atoms with Crippen LogP contribution in [0.5, 0.6) is 5.75 Å². The quantitative estimate of drug-likeness (QED) is 0.745. The molecule has 2 nitrogen and oxygen atoms in total. The molecule has 1 aliphatic rings. The second kappa shape index (κ2) is 4.95. The molecular weight excluding hydrogens is 335 g/mol. The topological polar surface area (TPSA) is 26.3 Å². The summed E-state index contributed by atoms with van der Waals surface area (Å²) in [5.41, 5.74) is 1.83. The fourth-order valence-electron chi connectivity index (χ4n) is 2.58. The molecule has 21 heavy (non-hydrogen) atoms. The summed E-state index contributed by atoms with van der Waals surface area (Å²) in [6.07, 6.45) is 0.772. The fourth-order valence-corrected chi connectivity index (χ4v) is 3.11. The van der Waals surface area contributed by atoms with Gasteiger partial charge in [-0.15, -0.1) is 0 Å². The number of hydrogen-bond acceptors (Lipinski definition) is 2. The van der Waals surface area contributed by atoms with E-state index < -0.39 is 0 Å². The third-order valence-corrected chi connectivity index (χ3v) is 4.16. The van der Waals surface area contributed by atoms with Crippen molar-refractivity contribution in [1.82, 2.24) is 0 Å². The Morgan fingerprint density at radius 2 is 2.00 bits per heavy atom. The smallest absolute Gasteiger partial charge is 0.194 e. The number of rotatable bonds is 2. The lowest BCUT2D eigenvalue weighted by atomic mass is 9.97. The summed E-state index contributed by atoms with van der Waals surface area (Å²) in [5.74, 6) is 0.326. The van der Waals surface area contributed by atoms with Gasteiger partial charge in [-0.2, -0.15) is 0 Å². The molecule has 2 aromatic carbocycles. The number of halogens is 2. The maximum absolute atomic E-state index is 13.1. The Morgan fingerprint density at radius 1 is 1.24 bits per heavy atom. The van der Waals surface area contributed by atoms with Crippen LogP contribution < -0.4 is 4.74 Å². The molecule has 0 radical (unpaired) electrons. The first-order valence-electron chi connectivity index (χ1n) is 6.67. The molecule has 2 aromatic rings. The molecule has 0 bridgehead atoms. The van der Waals surface area contributed by atoms with E-state index in [4.69, 9.17) is 4.74 Å². The van der Waals surface area contributed by atoms with Gasteiger partial charge in [0.2, 0.25) is 0 Å². The molecule has 1 aliphatic heterocycles. The molecule has 3 rings (SSSR count). The summed E-state index contributed by atoms with van der Waals surface area (Å²) in [5, 5.41) is 0. The van der Waals surface area contributed by atoms with Crippen molar-refractivity contribution in [1.29, 1.82) is 0 Å². The molecule has 0 aliphatic carbocycles. The van der Waals surface area contributed by atoms with Gasteiger partial charge in [0.05, 0.1) is 0 Å². The third kappa shape index (κ3) is 2.72. The zero-order chi connectivity index (χ0) is 15.2. The average molecular weight is 349 g/mol. The SMILES string of the molecule is CC1(C)Cc2cc(C(=O)c3ccc(F)cc3Br)ccc2O1. The van der Waals surface area contributed by atoms with Crippen LogP contribution in [0.25, 0.3) is 0 Å². The normalized spacial score (nSPS) is 15.4. The van der Waals surface area contributed by atoms with Gasteiger partial charge in [-0.05, 0) is 71.7 Å². The van der Waals surface area contributed by atoms with E-state index >= 15 is 0 Å². The van der Waals surface area contributed by atoms with Crippen LogP contribution in [-0.4, -0.2) is 11.4 Å². The summed E-state index contributed by atoms with van der Waals surface area (Å²) >= 11 is 3.24. The van der Waals surface area contributed by atoms with Gasteiger partial charge in [-0.3, -0.25) is 4.79 Å². The minimum atomic E-state index is -0.373. The van der Waals surface area contributed by atoms with Crippen LogP contribution in [-0.2, 0) is 6.42 Å². The van der Waals surface area contributed by atoms with E-state index in [2.05, 4.69) is 15.9 Å². The van der Waals surface area contributed by atoms with Gasteiger partial charge in [0, 0.05) is 22.0 Å². The highest BCUT2D eigenvalue weighted by Crippen LogP contribution is 2.35. The number of fused-ring (bicyclic) bond motifs is 1. The van der Waals surface area contributed by atoms with Gasteiger partial charge in [0.15, 0.2) is 5.78 Å². The van der Waals surface area contributed by atoms with Gasteiger partial charge in [-0.1, -0.05) is 0 Å². The van der Waals surface area contributed by atoms with Crippen molar-refractivity contribution < 1.29 is 13.9 Å². The number of hydrogen-bond donors (Lipinski definition) is 0. The van der Waals surface area contributed by atoms with Gasteiger partial charge >= 0.3 is 0 Å². The van der Waals surface area contributed by atoms with E-state index in [-0.39, 0.29) is 17.2 Å². The summed E-state index contributed by atoms with van der Waals surface area (Å²) in [6, 6.07) is 9.52. The summed E-state index contributed by atoms with van der Waals surface area (Å²) < 4.78 is 19.4. The lowest BCUT2D eigenvalue weighted by Crippen LogP contribution is -2.24. The molecule has 0 amide bonds. The van der Waals surface area contributed by atoms with Crippen molar-refractivity contribution in [2.24, 2.45) is 0 Å². The highest BCUT2D eigenvalue weighted by Gasteiger charge is 2.30. The predicted molar refractivity (Wildman–Crippen MR) is 82.4 cm³/mol. The van der Waals surface area contributed by atoms with Crippen LogP contribution in [0, 0.1) is 5.82 Å². The van der Waals surface area contributed by atoms with Crippen molar-refractivity contribution in [3.8, 4) is 5.75 Å². The largest absolute Gasteiger partial charge is 0.487 e. The Balaban J connectivity index is 1.97. The summed E-state index contributed by atoms with van der Waals surface area (Å²) in [6.45, 7) is 4.04. The zero-order valence-electron chi connectivity index (χ0n) is 11.7. The van der Waals surface area contributed by atoms with Crippen molar-refractivity contribution in [2.75, 3.05) is 0 Å². The lowest BCUT2D eigenvalue weighted by Gasteiger charge is -2.16. The highest BCUT2D eigenvalue weighted by atomic mass is 79.9. The van der Waals surface area contributed by atoms with Gasteiger partial charge in [-0.25, -0.2) is 4.39 Å². The molecule has 0 saturated carbocycles. The van der Waals surface area contributed by atoms with E-state index in [1.165, 1.54) is 18.2 Å². The number of ether oxygens (including phenoxy) is 1. The Morgan fingerprint density at radius 3 is 2.71 bits per heavy atom. The minimum absolute atomic E-state index is 0.130. The van der Waals surface area contributed by atoms with Crippen molar-refractivity contribution in [2.45, 2.75) is 25.9 Å². The Labute approximate surface area is 131 Å². The Kier molecular flexibility index (Phi) is 3.36. The second-order valence-corrected chi connectivity index (χ2v) is 6.67. The number of ketones is 1. The van der Waals surface area contributed by atoms with E-state index in [1.807, 2.05) is 26.0 Å². The average Bonchev–Trinajstić information content (AvgIpc) is 2.70. The summed E-state index contributed by atoms with van der Waals surface area (Å²) in [7, 11) is 0. The van der Waals surface area contributed by atoms with Gasteiger partial charge in [0.25, 0.3) is 0 Å². The predicted octanol–water partition coefficient (Wildman–Crippen LogP) is 4.53. The number of benzene rings is 2. The molecule has 0 atom stereocenters. The lowest BCUT2D eigenvalue weighted by molar-refractivity contribution is 0.103. The molecule has 0 aromatic heterocycles. The molecular formula is C17H14BrFO2. The van der Waals surface area contributed by atoms with Crippen LogP contribution >= 0.6 is 15.9 Å². The van der Waals surface area contributed by atoms with Crippen LogP contribution in [0.3, 0.4) is 0 Å². The Bertz CT molecular complexity index is 738. The molecule has 1 heterocycles. The highest BCUT2D eigenvalue weighted by molar-refractivity contribution is 9.10. The monoisotopic (exact) mass is 348 g/mol. The first-order valence-corrected chi connectivity index (χ1v) is 7.47. The Hall–Kier alpha value is -1.68. The van der Waals surface area contributed by atoms with Crippen LogP contribution in [0.4, 0.5) is 4.39 Å². The second-order valence-electron chi connectivity index (χ2n) is 5.81. The first-order chi connectivity index (χ1) is 9.85. The first kappa shape index (κ1) is 14.3. The van der Waals surface area contributed by atoms with Crippen LogP contribution in [0.1, 0.15) is 35.3 Å². The number of carbonyl (C=O) groups is 1. The van der Waals surface area contributed by atoms with Crippen molar-refractivity contribution in [3.05, 3.63) is 63.4 Å². The van der Waals surface area contributed by atoms with Crippen molar-refractivity contribution >= 4 is 21.7 Å². The molecule has 0 unspecified atom stereocenters. The fraction of sp³-hybridized carbons (Fsp3) is 0.235. The summed E-state index contributed by atoms with van der Waals surface area (Å²) in [4.78, 5) is 12.5. The molecule has 4 heteroatoms. The van der Waals surface area contributed by atoms with E-state index in [0.29, 0.717) is 15.6 Å². The van der Waals surface area contributed by atoms with Crippen molar-refractivity contribution in [3.63, 3.8) is 0 Å². The molecule has 0 spiro atoms. The maximum Gasteiger partial charge on any atom is 0.194 e. The third-order valence-electron chi connectivity index (χ3n) is 3.50. The van der Waals surface area contributed by atoms with Crippen LogP contribution in [0.15, 0.2) is 40.9 Å². The molecule has 0 fully saturated rings. The standard InChI is InChI=1S/C17H14BrFO2/c1-17(2)9-11-7-10(3-6-15(11)21-17)16(20)13-5-4-12(19)8-14(13)18/h3-8H,9H2,1-2H3.